The lowest BCUT2D eigenvalue weighted by molar-refractivity contribution is -0.329. The number of halogens is 5. The average Bonchev–Trinajstić information content (AvgIpc) is 3.18. The topological polar surface area (TPSA) is 34.2 Å². The Morgan fingerprint density at radius 3 is 2.82 bits per heavy atom. The molecule has 0 N–H and O–H groups in total. The van der Waals surface area contributed by atoms with E-state index in [9.17, 15) is 22.0 Å². The maximum atomic E-state index is 12.6. The minimum absolute atomic E-state index is 0.0751. The molecule has 1 saturated heterocycles. The fourth-order valence-corrected chi connectivity index (χ4v) is 3.76. The van der Waals surface area contributed by atoms with Crippen LogP contribution in [0, 0.1) is 0 Å². The Kier molecular flexibility index (Phi) is 5.09. The zero-order valence-electron chi connectivity index (χ0n) is 14.8. The maximum Gasteiger partial charge on any atom is 0.522 e. The van der Waals surface area contributed by atoms with Crippen molar-refractivity contribution in [2.75, 3.05) is 26.3 Å². The number of rotatable bonds is 5. The van der Waals surface area contributed by atoms with Gasteiger partial charge in [0.15, 0.2) is 0 Å². The number of fused-ring (bicyclic) bond motifs is 2. The van der Waals surface area contributed by atoms with E-state index in [4.69, 9.17) is 9.47 Å². The van der Waals surface area contributed by atoms with E-state index in [1.54, 1.807) is 29.3 Å². The molecule has 3 heterocycles. The predicted octanol–water partition coefficient (Wildman–Crippen LogP) is 3.11. The van der Waals surface area contributed by atoms with Crippen molar-refractivity contribution >= 4 is 0 Å². The van der Waals surface area contributed by atoms with Gasteiger partial charge in [-0.25, -0.2) is 13.8 Å². The summed E-state index contributed by atoms with van der Waals surface area (Å²) in [6, 6.07) is 5.01. The SMILES string of the molecule is FC(F)Cc1ccc2c(c1)C[C@@H](N1CC=C3OC(COC(F)(F)F)CN31)CO2. The van der Waals surface area contributed by atoms with E-state index in [2.05, 4.69) is 4.74 Å². The molecule has 0 aromatic heterocycles. The highest BCUT2D eigenvalue weighted by molar-refractivity contribution is 5.39. The van der Waals surface area contributed by atoms with Crippen molar-refractivity contribution in [3.05, 3.63) is 41.3 Å². The van der Waals surface area contributed by atoms with Crippen LogP contribution in [-0.4, -0.2) is 61.3 Å². The molecular formula is C18H19F5N2O3. The number of hydrogen-bond donors (Lipinski definition) is 0. The number of nitrogens with zero attached hydrogens (tertiary/aromatic N) is 2. The predicted molar refractivity (Wildman–Crippen MR) is 87.5 cm³/mol. The monoisotopic (exact) mass is 406 g/mol. The van der Waals surface area contributed by atoms with Gasteiger partial charge in [0.25, 0.3) is 0 Å². The fraction of sp³-hybridized carbons (Fsp3) is 0.556. The molecule has 3 aliphatic rings. The summed E-state index contributed by atoms with van der Waals surface area (Å²) < 4.78 is 77.2. The molecule has 1 fully saturated rings. The number of hydrazine groups is 1. The van der Waals surface area contributed by atoms with Gasteiger partial charge in [-0.2, -0.15) is 0 Å². The molecule has 0 saturated carbocycles. The third-order valence-electron chi connectivity index (χ3n) is 4.94. The average molecular weight is 406 g/mol. The van der Waals surface area contributed by atoms with Crippen LogP contribution in [0.1, 0.15) is 11.1 Å². The van der Waals surface area contributed by atoms with E-state index >= 15 is 0 Å². The Morgan fingerprint density at radius 2 is 2.07 bits per heavy atom. The molecule has 28 heavy (non-hydrogen) atoms. The molecular weight excluding hydrogens is 387 g/mol. The van der Waals surface area contributed by atoms with Crippen LogP contribution in [0.4, 0.5) is 22.0 Å². The number of benzene rings is 1. The van der Waals surface area contributed by atoms with Crippen LogP contribution in [0.3, 0.4) is 0 Å². The van der Waals surface area contributed by atoms with Crippen LogP contribution in [0.5, 0.6) is 5.75 Å². The standard InChI is InChI=1S/C18H19F5N2O3/c19-16(20)6-11-1-2-15-12(5-11)7-13(9-26-15)24-4-3-17-25(24)8-14(28-17)10-27-18(21,22)23/h1-3,5,13-14,16H,4,6-10H2/t13-,14?/m1/s1. The molecule has 0 aliphatic carbocycles. The maximum absolute atomic E-state index is 12.6. The first-order chi connectivity index (χ1) is 13.3. The van der Waals surface area contributed by atoms with E-state index in [0.29, 0.717) is 36.8 Å². The van der Waals surface area contributed by atoms with Gasteiger partial charge >= 0.3 is 6.36 Å². The Morgan fingerprint density at radius 1 is 1.25 bits per heavy atom. The fourth-order valence-electron chi connectivity index (χ4n) is 3.76. The summed E-state index contributed by atoms with van der Waals surface area (Å²) in [5, 5.41) is 3.78. The Labute approximate surface area is 158 Å². The lowest BCUT2D eigenvalue weighted by atomic mass is 9.99. The van der Waals surface area contributed by atoms with Gasteiger partial charge in [0.05, 0.1) is 19.2 Å². The molecule has 3 aliphatic heterocycles. The van der Waals surface area contributed by atoms with Crippen molar-refractivity contribution in [2.45, 2.75) is 37.8 Å². The minimum Gasteiger partial charge on any atom is -0.492 e. The zero-order chi connectivity index (χ0) is 19.9. The van der Waals surface area contributed by atoms with Crippen LogP contribution in [-0.2, 0) is 22.3 Å². The molecule has 154 valence electrons. The van der Waals surface area contributed by atoms with E-state index in [1.807, 2.05) is 5.01 Å². The zero-order valence-corrected chi connectivity index (χ0v) is 14.8. The summed E-state index contributed by atoms with van der Waals surface area (Å²) in [5.41, 5.74) is 1.40. The highest BCUT2D eigenvalue weighted by atomic mass is 19.4. The quantitative estimate of drug-likeness (QED) is 0.702. The van der Waals surface area contributed by atoms with Crippen molar-refractivity contribution in [2.24, 2.45) is 0 Å². The van der Waals surface area contributed by atoms with Crippen LogP contribution < -0.4 is 4.74 Å². The highest BCUT2D eigenvalue weighted by Crippen LogP contribution is 2.34. The third-order valence-corrected chi connectivity index (χ3v) is 4.94. The molecule has 1 aromatic rings. The van der Waals surface area contributed by atoms with Crippen LogP contribution in [0.2, 0.25) is 0 Å². The first kappa shape index (κ1) is 19.3. The van der Waals surface area contributed by atoms with E-state index < -0.39 is 25.5 Å². The normalized spacial score (nSPS) is 24.6. The highest BCUT2D eigenvalue weighted by Gasteiger charge is 2.41. The third kappa shape index (κ3) is 4.17. The summed E-state index contributed by atoms with van der Waals surface area (Å²) in [6.45, 7) is 0.605. The summed E-state index contributed by atoms with van der Waals surface area (Å²) >= 11 is 0. The van der Waals surface area contributed by atoms with Gasteiger partial charge < -0.3 is 9.47 Å². The Hall–Kier alpha value is -2.07. The van der Waals surface area contributed by atoms with E-state index in [0.717, 1.165) is 5.56 Å². The second-order valence-corrected chi connectivity index (χ2v) is 6.95. The number of ether oxygens (including phenoxy) is 3. The molecule has 2 atom stereocenters. The van der Waals surface area contributed by atoms with Crippen molar-refractivity contribution in [1.29, 1.82) is 0 Å². The summed E-state index contributed by atoms with van der Waals surface area (Å²) in [7, 11) is 0. The van der Waals surface area contributed by atoms with Crippen molar-refractivity contribution in [1.82, 2.24) is 10.0 Å². The second kappa shape index (κ2) is 7.40. The molecule has 1 aromatic carbocycles. The lowest BCUT2D eigenvalue weighted by Crippen LogP contribution is -2.49. The van der Waals surface area contributed by atoms with Gasteiger partial charge in [-0.15, -0.1) is 13.2 Å². The van der Waals surface area contributed by atoms with Crippen molar-refractivity contribution in [3.8, 4) is 5.75 Å². The molecule has 0 radical (unpaired) electrons. The second-order valence-electron chi connectivity index (χ2n) is 6.95. The van der Waals surface area contributed by atoms with Gasteiger partial charge in [-0.05, 0) is 29.7 Å². The van der Waals surface area contributed by atoms with Crippen molar-refractivity contribution < 1.29 is 36.2 Å². The first-order valence-electron chi connectivity index (χ1n) is 8.93. The van der Waals surface area contributed by atoms with Crippen LogP contribution in [0.15, 0.2) is 30.2 Å². The molecule has 0 spiro atoms. The lowest BCUT2D eigenvalue weighted by Gasteiger charge is -2.37. The van der Waals surface area contributed by atoms with E-state index in [-0.39, 0.29) is 19.0 Å². The van der Waals surface area contributed by atoms with Crippen LogP contribution >= 0.6 is 0 Å². The summed E-state index contributed by atoms with van der Waals surface area (Å²) in [6.07, 6.45) is -5.74. The Balaban J connectivity index is 1.40. The number of alkyl halides is 5. The summed E-state index contributed by atoms with van der Waals surface area (Å²) in [5.74, 6) is 1.18. The van der Waals surface area contributed by atoms with Gasteiger partial charge in [0, 0.05) is 13.0 Å². The molecule has 10 heteroatoms. The van der Waals surface area contributed by atoms with Gasteiger partial charge in [0.1, 0.15) is 18.5 Å². The molecule has 4 rings (SSSR count). The molecule has 1 unspecified atom stereocenters. The van der Waals surface area contributed by atoms with Crippen molar-refractivity contribution in [3.63, 3.8) is 0 Å². The number of hydrogen-bond acceptors (Lipinski definition) is 5. The molecule has 0 bridgehead atoms. The van der Waals surface area contributed by atoms with Gasteiger partial charge in [-0.3, -0.25) is 9.75 Å². The van der Waals surface area contributed by atoms with Gasteiger partial charge in [-0.1, -0.05) is 12.1 Å². The smallest absolute Gasteiger partial charge is 0.492 e. The largest absolute Gasteiger partial charge is 0.522 e. The minimum atomic E-state index is -4.69. The molecule has 5 nitrogen and oxygen atoms in total. The van der Waals surface area contributed by atoms with Crippen LogP contribution in [0.25, 0.3) is 0 Å². The van der Waals surface area contributed by atoms with Gasteiger partial charge in [0.2, 0.25) is 12.3 Å². The summed E-state index contributed by atoms with van der Waals surface area (Å²) in [4.78, 5) is 0. The molecule has 0 amide bonds. The Bertz CT molecular complexity index is 755. The van der Waals surface area contributed by atoms with E-state index in [1.165, 1.54) is 0 Å². The first-order valence-corrected chi connectivity index (χ1v) is 8.93.